The Hall–Kier alpha value is -1.56. The second-order valence-electron chi connectivity index (χ2n) is 3.90. The van der Waals surface area contributed by atoms with Gasteiger partial charge in [-0.2, -0.15) is 0 Å². The van der Waals surface area contributed by atoms with Gasteiger partial charge in [-0.15, -0.1) is 0 Å². The summed E-state index contributed by atoms with van der Waals surface area (Å²) in [5, 5.41) is 0. The molecule has 0 aliphatic rings. The Kier molecular flexibility index (Phi) is 4.72. The van der Waals surface area contributed by atoms with Gasteiger partial charge in [0.1, 0.15) is 6.61 Å². The molecule has 6 heteroatoms. The zero-order valence-electron chi connectivity index (χ0n) is 10.6. The number of carbonyl (C=O) groups is 1. The van der Waals surface area contributed by atoms with Crippen LogP contribution in [0.5, 0.6) is 11.5 Å². The van der Waals surface area contributed by atoms with Crippen LogP contribution < -0.4 is 9.47 Å². The van der Waals surface area contributed by atoms with Crippen LogP contribution in [0.1, 0.15) is 17.3 Å². The summed E-state index contributed by atoms with van der Waals surface area (Å²) < 4.78 is 32.3. The van der Waals surface area contributed by atoms with Crippen molar-refractivity contribution in [3.05, 3.63) is 23.8 Å². The van der Waals surface area contributed by atoms with Crippen LogP contribution in [0.15, 0.2) is 18.2 Å². The van der Waals surface area contributed by atoms with Gasteiger partial charge in [-0.3, -0.25) is 4.79 Å². The van der Waals surface area contributed by atoms with E-state index in [1.54, 1.807) is 18.2 Å². The molecule has 0 atom stereocenters. The van der Waals surface area contributed by atoms with Crippen molar-refractivity contribution >= 4 is 15.6 Å². The predicted molar refractivity (Wildman–Crippen MR) is 68.2 cm³/mol. The highest BCUT2D eigenvalue weighted by Gasteiger charge is 2.09. The third-order valence-corrected chi connectivity index (χ3v) is 3.19. The quantitative estimate of drug-likeness (QED) is 0.730. The number of ketones is 1. The zero-order valence-corrected chi connectivity index (χ0v) is 11.4. The van der Waals surface area contributed by atoms with Crippen LogP contribution >= 0.6 is 0 Å². The molecule has 0 aromatic heterocycles. The van der Waals surface area contributed by atoms with E-state index in [0.29, 0.717) is 17.1 Å². The number of ether oxygens (including phenoxy) is 2. The van der Waals surface area contributed by atoms with Gasteiger partial charge in [-0.05, 0) is 25.1 Å². The maximum absolute atomic E-state index is 11.2. The lowest BCUT2D eigenvalue weighted by molar-refractivity contribution is 0.101. The lowest BCUT2D eigenvalue weighted by atomic mass is 10.1. The highest BCUT2D eigenvalue weighted by Crippen LogP contribution is 2.28. The fourth-order valence-electron chi connectivity index (χ4n) is 1.31. The van der Waals surface area contributed by atoms with Crippen molar-refractivity contribution in [2.75, 3.05) is 25.7 Å². The molecule has 1 aromatic carbocycles. The molecule has 1 rings (SSSR count). The molecular formula is C12H16O5S. The lowest BCUT2D eigenvalue weighted by Gasteiger charge is -2.11. The van der Waals surface area contributed by atoms with Crippen molar-refractivity contribution in [2.45, 2.75) is 6.92 Å². The van der Waals surface area contributed by atoms with Crippen LogP contribution in [0.25, 0.3) is 0 Å². The molecule has 0 fully saturated rings. The second-order valence-corrected chi connectivity index (χ2v) is 6.16. The Morgan fingerprint density at radius 1 is 1.28 bits per heavy atom. The van der Waals surface area contributed by atoms with Crippen LogP contribution in [0.3, 0.4) is 0 Å². The van der Waals surface area contributed by atoms with Crippen molar-refractivity contribution in [3.63, 3.8) is 0 Å². The first-order valence-corrected chi connectivity index (χ1v) is 7.39. The van der Waals surface area contributed by atoms with Gasteiger partial charge in [-0.25, -0.2) is 8.42 Å². The van der Waals surface area contributed by atoms with Gasteiger partial charge in [0.05, 0.1) is 12.9 Å². The number of sulfone groups is 1. The highest BCUT2D eigenvalue weighted by molar-refractivity contribution is 7.90. The monoisotopic (exact) mass is 272 g/mol. The molecule has 0 heterocycles. The van der Waals surface area contributed by atoms with Gasteiger partial charge < -0.3 is 9.47 Å². The van der Waals surface area contributed by atoms with E-state index >= 15 is 0 Å². The Labute approximate surface area is 107 Å². The summed E-state index contributed by atoms with van der Waals surface area (Å²) in [6.07, 6.45) is 1.15. The van der Waals surface area contributed by atoms with Crippen LogP contribution in [0.4, 0.5) is 0 Å². The summed E-state index contributed by atoms with van der Waals surface area (Å²) in [5.41, 5.74) is 0.516. The summed E-state index contributed by atoms with van der Waals surface area (Å²) in [4.78, 5) is 11.2. The van der Waals surface area contributed by atoms with E-state index in [1.165, 1.54) is 14.0 Å². The molecule has 0 saturated carbocycles. The molecule has 0 aliphatic carbocycles. The van der Waals surface area contributed by atoms with Gasteiger partial charge in [0.2, 0.25) is 0 Å². The Morgan fingerprint density at radius 2 is 1.94 bits per heavy atom. The van der Waals surface area contributed by atoms with Crippen LogP contribution in [-0.4, -0.2) is 39.9 Å². The number of Topliss-reactive ketones (excluding diaryl/α,β-unsaturated/α-hetero) is 1. The summed E-state index contributed by atoms with van der Waals surface area (Å²) in [7, 11) is -1.59. The van der Waals surface area contributed by atoms with Gasteiger partial charge in [-0.1, -0.05) is 0 Å². The number of rotatable bonds is 6. The first-order chi connectivity index (χ1) is 8.33. The third-order valence-electron chi connectivity index (χ3n) is 2.28. The molecule has 0 unspecified atom stereocenters. The molecule has 5 nitrogen and oxygen atoms in total. The molecule has 0 N–H and O–H groups in total. The topological polar surface area (TPSA) is 69.7 Å². The normalized spacial score (nSPS) is 11.1. The Morgan fingerprint density at radius 3 is 2.44 bits per heavy atom. The fraction of sp³-hybridized carbons (Fsp3) is 0.417. The average Bonchev–Trinajstić information content (AvgIpc) is 2.27. The maximum atomic E-state index is 11.2. The van der Waals surface area contributed by atoms with Crippen molar-refractivity contribution < 1.29 is 22.7 Å². The van der Waals surface area contributed by atoms with Gasteiger partial charge in [0, 0.05) is 11.8 Å². The number of methoxy groups -OCH3 is 1. The smallest absolute Gasteiger partial charge is 0.161 e. The number of benzene rings is 1. The van der Waals surface area contributed by atoms with E-state index in [4.69, 9.17) is 9.47 Å². The SMILES string of the molecule is COc1cc(C(C)=O)ccc1OCCS(C)(=O)=O. The highest BCUT2D eigenvalue weighted by atomic mass is 32.2. The summed E-state index contributed by atoms with van der Waals surface area (Å²) in [5.74, 6) is 0.697. The molecule has 100 valence electrons. The minimum atomic E-state index is -3.06. The fourth-order valence-corrected chi connectivity index (χ4v) is 1.69. The summed E-state index contributed by atoms with van der Waals surface area (Å²) >= 11 is 0. The summed E-state index contributed by atoms with van der Waals surface area (Å²) in [6.45, 7) is 1.51. The molecule has 1 aromatic rings. The van der Waals surface area contributed by atoms with Crippen LogP contribution in [0, 0.1) is 0 Å². The van der Waals surface area contributed by atoms with E-state index in [-0.39, 0.29) is 18.1 Å². The van der Waals surface area contributed by atoms with Gasteiger partial charge in [0.15, 0.2) is 27.1 Å². The maximum Gasteiger partial charge on any atom is 0.161 e. The molecule has 0 aliphatic heterocycles. The van der Waals surface area contributed by atoms with Crippen molar-refractivity contribution in [1.29, 1.82) is 0 Å². The van der Waals surface area contributed by atoms with Gasteiger partial charge >= 0.3 is 0 Å². The first-order valence-electron chi connectivity index (χ1n) is 5.33. The average molecular weight is 272 g/mol. The van der Waals surface area contributed by atoms with Crippen LogP contribution in [-0.2, 0) is 9.84 Å². The Balaban J connectivity index is 2.80. The minimum Gasteiger partial charge on any atom is -0.493 e. The van der Waals surface area contributed by atoms with E-state index in [9.17, 15) is 13.2 Å². The van der Waals surface area contributed by atoms with Crippen molar-refractivity contribution in [2.24, 2.45) is 0 Å². The van der Waals surface area contributed by atoms with Gasteiger partial charge in [0.25, 0.3) is 0 Å². The largest absolute Gasteiger partial charge is 0.493 e. The molecule has 0 spiro atoms. The standard InChI is InChI=1S/C12H16O5S/c1-9(13)10-4-5-11(12(8-10)16-2)17-6-7-18(3,14)15/h4-5,8H,6-7H2,1-3H3. The van der Waals surface area contributed by atoms with E-state index in [0.717, 1.165) is 6.26 Å². The number of carbonyl (C=O) groups excluding carboxylic acids is 1. The predicted octanol–water partition coefficient (Wildman–Crippen LogP) is 1.32. The molecule has 0 saturated heterocycles. The second kappa shape index (κ2) is 5.86. The third kappa shape index (κ3) is 4.37. The first kappa shape index (κ1) is 14.5. The molecule has 0 amide bonds. The van der Waals surface area contributed by atoms with Crippen LogP contribution in [0.2, 0.25) is 0 Å². The Bertz CT molecular complexity index is 533. The van der Waals surface area contributed by atoms with Crippen molar-refractivity contribution in [1.82, 2.24) is 0 Å². The van der Waals surface area contributed by atoms with E-state index in [2.05, 4.69) is 0 Å². The van der Waals surface area contributed by atoms with E-state index in [1.807, 2.05) is 0 Å². The molecule has 18 heavy (non-hydrogen) atoms. The molecular weight excluding hydrogens is 256 g/mol. The zero-order chi connectivity index (χ0) is 13.8. The van der Waals surface area contributed by atoms with E-state index < -0.39 is 9.84 Å². The minimum absolute atomic E-state index is 0.0502. The molecule has 0 radical (unpaired) electrons. The lowest BCUT2D eigenvalue weighted by Crippen LogP contribution is -2.12. The van der Waals surface area contributed by atoms with Crippen molar-refractivity contribution in [3.8, 4) is 11.5 Å². The summed E-state index contributed by atoms with van der Waals surface area (Å²) in [6, 6.07) is 4.77. The number of hydrogen-bond acceptors (Lipinski definition) is 5. The molecule has 0 bridgehead atoms. The number of hydrogen-bond donors (Lipinski definition) is 0.